The molecule has 0 aromatic heterocycles. The maximum absolute atomic E-state index is 5.29. The van der Waals surface area contributed by atoms with Crippen LogP contribution in [-0.4, -0.2) is 32.1 Å². The first-order chi connectivity index (χ1) is 11.9. The summed E-state index contributed by atoms with van der Waals surface area (Å²) in [5.41, 5.74) is 0. The Morgan fingerprint density at radius 2 is 1.04 bits per heavy atom. The molecule has 0 bridgehead atoms. The van der Waals surface area contributed by atoms with Gasteiger partial charge in [0.25, 0.3) is 0 Å². The van der Waals surface area contributed by atoms with Gasteiger partial charge in [0.05, 0.1) is 0 Å². The van der Waals surface area contributed by atoms with E-state index in [0.29, 0.717) is 6.61 Å². The predicted molar refractivity (Wildman–Crippen MR) is 105 cm³/mol. The quantitative estimate of drug-likeness (QED) is 0.557. The summed E-state index contributed by atoms with van der Waals surface area (Å²) in [5, 5.41) is 0. The number of benzene rings is 3. The van der Waals surface area contributed by atoms with Gasteiger partial charge in [0.1, 0.15) is 0 Å². The average molecular weight is 421 g/mol. The van der Waals surface area contributed by atoms with Crippen molar-refractivity contribution in [3.63, 3.8) is 0 Å². The molecule has 3 aromatic carbocycles. The van der Waals surface area contributed by atoms with E-state index >= 15 is 0 Å². The van der Waals surface area contributed by atoms with Gasteiger partial charge in [0.15, 0.2) is 0 Å². The van der Waals surface area contributed by atoms with Crippen molar-refractivity contribution in [1.82, 2.24) is 0 Å². The van der Waals surface area contributed by atoms with Crippen LogP contribution in [0.3, 0.4) is 0 Å². The molecule has 0 unspecified atom stereocenters. The van der Waals surface area contributed by atoms with Gasteiger partial charge in [-0.15, -0.1) is 0 Å². The van der Waals surface area contributed by atoms with E-state index in [1.807, 2.05) is 0 Å². The Labute approximate surface area is 148 Å². The Morgan fingerprint density at radius 3 is 1.38 bits per heavy atom. The van der Waals surface area contributed by atoms with Crippen molar-refractivity contribution in [2.45, 2.75) is 0 Å². The molecule has 0 heterocycles. The van der Waals surface area contributed by atoms with Crippen molar-refractivity contribution in [3.8, 4) is 0 Å². The molecule has 1 nitrogen and oxygen atoms in total. The van der Waals surface area contributed by atoms with Gasteiger partial charge in [0.2, 0.25) is 0 Å². The van der Waals surface area contributed by atoms with Crippen molar-refractivity contribution < 1.29 is 4.74 Å². The first kappa shape index (κ1) is 17.0. The summed E-state index contributed by atoms with van der Waals surface area (Å²) < 4.78 is 12.1. The monoisotopic (exact) mass is 422 g/mol. The number of hydrogen-bond acceptors (Lipinski definition) is 1. The average Bonchev–Trinajstić information content (AvgIpc) is 2.68. The third-order valence-corrected chi connectivity index (χ3v) is 17.1. The molecule has 0 saturated heterocycles. The second-order valence-corrected chi connectivity index (χ2v) is 16.3. The van der Waals surface area contributed by atoms with E-state index in [1.54, 1.807) is 7.11 Å². The summed E-state index contributed by atoms with van der Waals surface area (Å²) in [7, 11) is 1.75. The third kappa shape index (κ3) is 3.47. The van der Waals surface area contributed by atoms with E-state index in [1.165, 1.54) is 10.7 Å². The Kier molecular flexibility index (Phi) is 5.89. The first-order valence-corrected chi connectivity index (χ1v) is 14.1. The van der Waals surface area contributed by atoms with Crippen LogP contribution in [0.25, 0.3) is 0 Å². The standard InChI is InChI=1S/3C6H5.C4H7O.Sn/c3*1-2-4-6-5-3-1;1-3-4-5-2;/h3*1-5H;1,3H,4H2,2H3;. The van der Waals surface area contributed by atoms with Gasteiger partial charge in [-0.2, -0.15) is 0 Å². The summed E-state index contributed by atoms with van der Waals surface area (Å²) >= 11 is -3.19. The molecule has 0 spiro atoms. The topological polar surface area (TPSA) is 9.23 Å². The fraction of sp³-hybridized carbons (Fsp3) is 0.0909. The molecule has 0 N–H and O–H groups in total. The first-order valence-electron chi connectivity index (χ1n) is 8.21. The number of ether oxygens (including phenoxy) is 1. The van der Waals surface area contributed by atoms with Gasteiger partial charge in [-0.25, -0.2) is 0 Å². The van der Waals surface area contributed by atoms with E-state index in [4.69, 9.17) is 4.74 Å². The fourth-order valence-corrected chi connectivity index (χ4v) is 15.1. The summed E-state index contributed by atoms with van der Waals surface area (Å²) in [4.78, 5) is 0. The molecule has 3 rings (SSSR count). The van der Waals surface area contributed by atoms with Crippen molar-refractivity contribution >= 4 is 29.1 Å². The van der Waals surface area contributed by atoms with E-state index in [0.717, 1.165) is 0 Å². The zero-order valence-electron chi connectivity index (χ0n) is 13.9. The van der Waals surface area contributed by atoms with Crippen LogP contribution in [0.5, 0.6) is 0 Å². The van der Waals surface area contributed by atoms with Crippen LogP contribution >= 0.6 is 0 Å². The van der Waals surface area contributed by atoms with Crippen LogP contribution in [0.1, 0.15) is 0 Å². The van der Waals surface area contributed by atoms with Gasteiger partial charge < -0.3 is 0 Å². The van der Waals surface area contributed by atoms with Crippen molar-refractivity contribution in [1.29, 1.82) is 0 Å². The van der Waals surface area contributed by atoms with Gasteiger partial charge >= 0.3 is 149 Å². The molecule has 120 valence electrons. The Morgan fingerprint density at radius 1 is 0.667 bits per heavy atom. The molecule has 0 amide bonds. The molecule has 2 heteroatoms. The summed E-state index contributed by atoms with van der Waals surface area (Å²) in [6.45, 7) is 0.644. The molecule has 0 aliphatic heterocycles. The molecule has 0 aliphatic carbocycles. The maximum atomic E-state index is 5.29. The SMILES string of the molecule is COC/C=[CH]\[Sn]([c]1ccccc1)([c]1ccccc1)[c]1ccccc1. The zero-order valence-corrected chi connectivity index (χ0v) is 16.8. The van der Waals surface area contributed by atoms with Gasteiger partial charge in [-0.05, 0) is 0 Å². The zero-order chi connectivity index (χ0) is 16.7. The minimum absolute atomic E-state index is 0.644. The second kappa shape index (κ2) is 8.31. The van der Waals surface area contributed by atoms with E-state index in [-0.39, 0.29) is 0 Å². The Bertz CT molecular complexity index is 670. The number of hydrogen-bond donors (Lipinski definition) is 0. The predicted octanol–water partition coefficient (Wildman–Crippen LogP) is 2.90. The molecule has 0 atom stereocenters. The Balaban J connectivity index is 2.28. The second-order valence-electron chi connectivity index (χ2n) is 5.76. The van der Waals surface area contributed by atoms with Crippen LogP contribution < -0.4 is 10.7 Å². The van der Waals surface area contributed by atoms with E-state index < -0.39 is 18.4 Å². The molecule has 0 radical (unpaired) electrons. The van der Waals surface area contributed by atoms with Gasteiger partial charge in [0, 0.05) is 0 Å². The van der Waals surface area contributed by atoms with Crippen molar-refractivity contribution in [3.05, 3.63) is 101 Å². The van der Waals surface area contributed by atoms with Crippen molar-refractivity contribution in [2.75, 3.05) is 13.7 Å². The minimum atomic E-state index is -3.19. The van der Waals surface area contributed by atoms with Crippen LogP contribution in [0.2, 0.25) is 0 Å². The molecule has 0 aliphatic rings. The van der Waals surface area contributed by atoms with Crippen molar-refractivity contribution in [2.24, 2.45) is 0 Å². The molecule has 0 saturated carbocycles. The van der Waals surface area contributed by atoms with Crippen LogP contribution in [0.4, 0.5) is 0 Å². The van der Waals surface area contributed by atoms with Crippen LogP contribution in [0.15, 0.2) is 101 Å². The van der Waals surface area contributed by atoms with Crippen LogP contribution in [0, 0.1) is 0 Å². The summed E-state index contributed by atoms with van der Waals surface area (Å²) in [5.74, 6) is 0. The Hall–Kier alpha value is -1.84. The molecule has 24 heavy (non-hydrogen) atoms. The molecular formula is C22H22OSn. The number of rotatable bonds is 6. The van der Waals surface area contributed by atoms with E-state index in [9.17, 15) is 0 Å². The molecule has 3 aromatic rings. The van der Waals surface area contributed by atoms with E-state index in [2.05, 4.69) is 101 Å². The summed E-state index contributed by atoms with van der Waals surface area (Å²) in [6.07, 6.45) is 2.20. The molecule has 0 fully saturated rings. The molecular weight excluding hydrogens is 399 g/mol. The third-order valence-electron chi connectivity index (χ3n) is 4.32. The fourth-order valence-electron chi connectivity index (χ4n) is 3.21. The van der Waals surface area contributed by atoms with Gasteiger partial charge in [-0.3, -0.25) is 0 Å². The summed E-state index contributed by atoms with van der Waals surface area (Å²) in [6, 6.07) is 32.9. The van der Waals surface area contributed by atoms with Gasteiger partial charge in [-0.1, -0.05) is 0 Å². The van der Waals surface area contributed by atoms with Crippen LogP contribution in [-0.2, 0) is 4.74 Å². The number of methoxy groups -OCH3 is 1. The normalized spacial score (nSPS) is 11.7.